The molecule has 0 fully saturated rings. The Balaban J connectivity index is 2.93. The fourth-order valence-electron chi connectivity index (χ4n) is 1.41. The number of anilines is 2. The predicted octanol–water partition coefficient (Wildman–Crippen LogP) is 2.51. The van der Waals surface area contributed by atoms with Gasteiger partial charge in [-0.1, -0.05) is 25.6 Å². The maximum Gasteiger partial charge on any atom is 0.231 e. The van der Waals surface area contributed by atoms with E-state index in [1.807, 2.05) is 7.05 Å². The van der Waals surface area contributed by atoms with Crippen LogP contribution in [-0.4, -0.2) is 40.8 Å². The third-order valence-electron chi connectivity index (χ3n) is 2.42. The van der Waals surface area contributed by atoms with Gasteiger partial charge < -0.3 is 10.2 Å². The van der Waals surface area contributed by atoms with Crippen molar-refractivity contribution in [2.75, 3.05) is 36.1 Å². The zero-order valence-corrected chi connectivity index (χ0v) is 12.7. The van der Waals surface area contributed by atoms with Crippen LogP contribution in [0.4, 0.5) is 11.9 Å². The van der Waals surface area contributed by atoms with E-state index in [1.165, 1.54) is 0 Å². The Morgan fingerprint density at radius 1 is 1.17 bits per heavy atom. The van der Waals surface area contributed by atoms with Crippen LogP contribution in [0.5, 0.6) is 0 Å². The highest BCUT2D eigenvalue weighted by atomic mass is 32.2. The standard InChI is InChI=1S/C12H23N5S/c1-6-17(7-2)11-14-10(13-5)15-12(16-11)18-8-9(3)4/h9H,6-8H2,1-5H3,(H,13,14,15,16). The van der Waals surface area contributed by atoms with E-state index >= 15 is 0 Å². The van der Waals surface area contributed by atoms with Crippen LogP contribution < -0.4 is 10.2 Å². The second-order valence-electron chi connectivity index (χ2n) is 4.37. The smallest absolute Gasteiger partial charge is 0.231 e. The Morgan fingerprint density at radius 2 is 1.83 bits per heavy atom. The zero-order valence-electron chi connectivity index (χ0n) is 11.9. The number of hydrogen-bond acceptors (Lipinski definition) is 6. The molecule has 0 aliphatic rings. The monoisotopic (exact) mass is 269 g/mol. The van der Waals surface area contributed by atoms with Gasteiger partial charge in [-0.05, 0) is 19.8 Å². The topological polar surface area (TPSA) is 53.9 Å². The van der Waals surface area contributed by atoms with Gasteiger partial charge in [0.25, 0.3) is 0 Å². The molecule has 1 aromatic rings. The first kappa shape index (κ1) is 15.0. The van der Waals surface area contributed by atoms with E-state index in [-0.39, 0.29) is 0 Å². The summed E-state index contributed by atoms with van der Waals surface area (Å²) in [6.45, 7) is 10.4. The number of rotatable bonds is 7. The lowest BCUT2D eigenvalue weighted by Gasteiger charge is -2.19. The molecule has 1 heterocycles. The lowest BCUT2D eigenvalue weighted by atomic mass is 10.3. The minimum Gasteiger partial charge on any atom is -0.357 e. The molecular formula is C12H23N5S. The molecule has 1 rings (SSSR count). The molecule has 0 saturated heterocycles. The molecule has 0 radical (unpaired) electrons. The van der Waals surface area contributed by atoms with Gasteiger partial charge in [0, 0.05) is 25.9 Å². The van der Waals surface area contributed by atoms with Gasteiger partial charge in [0.2, 0.25) is 11.9 Å². The van der Waals surface area contributed by atoms with Crippen molar-refractivity contribution in [3.05, 3.63) is 0 Å². The minimum absolute atomic E-state index is 0.627. The number of nitrogens with one attached hydrogen (secondary N) is 1. The largest absolute Gasteiger partial charge is 0.357 e. The van der Waals surface area contributed by atoms with E-state index in [2.05, 4.69) is 52.9 Å². The molecule has 0 atom stereocenters. The molecule has 0 aliphatic carbocycles. The van der Waals surface area contributed by atoms with Crippen molar-refractivity contribution in [1.82, 2.24) is 15.0 Å². The summed E-state index contributed by atoms with van der Waals surface area (Å²) >= 11 is 1.68. The maximum absolute atomic E-state index is 4.52. The summed E-state index contributed by atoms with van der Waals surface area (Å²) in [4.78, 5) is 15.4. The minimum atomic E-state index is 0.627. The number of nitrogens with zero attached hydrogens (tertiary/aromatic N) is 4. The number of thioether (sulfide) groups is 1. The van der Waals surface area contributed by atoms with Crippen molar-refractivity contribution >= 4 is 23.7 Å². The van der Waals surface area contributed by atoms with Crippen LogP contribution >= 0.6 is 11.8 Å². The van der Waals surface area contributed by atoms with Crippen molar-refractivity contribution in [3.8, 4) is 0 Å². The van der Waals surface area contributed by atoms with Crippen LogP contribution in [0.25, 0.3) is 0 Å². The lowest BCUT2D eigenvalue weighted by molar-refractivity contribution is 0.744. The van der Waals surface area contributed by atoms with Crippen LogP contribution in [-0.2, 0) is 0 Å². The molecular weight excluding hydrogens is 246 g/mol. The highest BCUT2D eigenvalue weighted by Crippen LogP contribution is 2.20. The number of aromatic nitrogens is 3. The van der Waals surface area contributed by atoms with E-state index in [1.54, 1.807) is 11.8 Å². The Labute approximate surface area is 114 Å². The zero-order chi connectivity index (χ0) is 13.5. The second kappa shape index (κ2) is 7.41. The van der Waals surface area contributed by atoms with Crippen LogP contribution in [0.3, 0.4) is 0 Å². The Hall–Kier alpha value is -1.04. The summed E-state index contributed by atoms with van der Waals surface area (Å²) in [5, 5.41) is 3.79. The van der Waals surface area contributed by atoms with Gasteiger partial charge in [-0.2, -0.15) is 15.0 Å². The van der Waals surface area contributed by atoms with Crippen LogP contribution in [0.15, 0.2) is 5.16 Å². The van der Waals surface area contributed by atoms with E-state index in [0.717, 1.165) is 29.9 Å². The maximum atomic E-state index is 4.52. The van der Waals surface area contributed by atoms with Gasteiger partial charge in [-0.25, -0.2) is 0 Å². The van der Waals surface area contributed by atoms with Gasteiger partial charge in [0.15, 0.2) is 5.16 Å². The van der Waals surface area contributed by atoms with Gasteiger partial charge in [0.1, 0.15) is 0 Å². The molecule has 102 valence electrons. The lowest BCUT2D eigenvalue weighted by Crippen LogP contribution is -2.25. The molecule has 5 nitrogen and oxygen atoms in total. The van der Waals surface area contributed by atoms with Gasteiger partial charge in [0.05, 0.1) is 0 Å². The molecule has 0 bridgehead atoms. The van der Waals surface area contributed by atoms with Crippen molar-refractivity contribution in [1.29, 1.82) is 0 Å². The van der Waals surface area contributed by atoms with Crippen molar-refractivity contribution < 1.29 is 0 Å². The van der Waals surface area contributed by atoms with Gasteiger partial charge >= 0.3 is 0 Å². The molecule has 0 spiro atoms. The van der Waals surface area contributed by atoms with Crippen molar-refractivity contribution in [2.24, 2.45) is 5.92 Å². The SMILES string of the molecule is CCN(CC)c1nc(NC)nc(SCC(C)C)n1. The molecule has 0 aliphatic heterocycles. The fourth-order valence-corrected chi connectivity index (χ4v) is 2.19. The summed E-state index contributed by atoms with van der Waals surface area (Å²) < 4.78 is 0. The predicted molar refractivity (Wildman–Crippen MR) is 78.5 cm³/mol. The summed E-state index contributed by atoms with van der Waals surface area (Å²) in [7, 11) is 1.83. The first-order valence-corrected chi connectivity index (χ1v) is 7.40. The average molecular weight is 269 g/mol. The normalized spacial score (nSPS) is 10.8. The molecule has 18 heavy (non-hydrogen) atoms. The Morgan fingerprint density at radius 3 is 2.33 bits per heavy atom. The molecule has 0 unspecified atom stereocenters. The van der Waals surface area contributed by atoms with E-state index in [4.69, 9.17) is 0 Å². The van der Waals surface area contributed by atoms with Crippen LogP contribution in [0.1, 0.15) is 27.7 Å². The van der Waals surface area contributed by atoms with E-state index in [9.17, 15) is 0 Å². The fraction of sp³-hybridized carbons (Fsp3) is 0.750. The Kier molecular flexibility index (Phi) is 6.18. The Bertz CT molecular complexity index is 365. The van der Waals surface area contributed by atoms with Crippen molar-refractivity contribution in [2.45, 2.75) is 32.9 Å². The molecule has 0 amide bonds. The first-order valence-electron chi connectivity index (χ1n) is 6.42. The summed E-state index contributed by atoms with van der Waals surface area (Å²) in [5.41, 5.74) is 0. The third kappa shape index (κ3) is 4.33. The molecule has 0 aromatic carbocycles. The second-order valence-corrected chi connectivity index (χ2v) is 5.36. The molecule has 6 heteroatoms. The summed E-state index contributed by atoms with van der Waals surface area (Å²) in [6, 6.07) is 0. The number of hydrogen-bond donors (Lipinski definition) is 1. The molecule has 0 saturated carbocycles. The summed E-state index contributed by atoms with van der Waals surface area (Å²) in [6.07, 6.45) is 0. The first-order chi connectivity index (χ1) is 8.60. The quantitative estimate of drug-likeness (QED) is 0.768. The van der Waals surface area contributed by atoms with Gasteiger partial charge in [-0.3, -0.25) is 0 Å². The van der Waals surface area contributed by atoms with Crippen LogP contribution in [0, 0.1) is 5.92 Å². The van der Waals surface area contributed by atoms with Crippen LogP contribution in [0.2, 0.25) is 0 Å². The summed E-state index contributed by atoms with van der Waals surface area (Å²) in [5.74, 6) is 3.04. The highest BCUT2D eigenvalue weighted by Gasteiger charge is 2.11. The van der Waals surface area contributed by atoms with Gasteiger partial charge in [-0.15, -0.1) is 0 Å². The highest BCUT2D eigenvalue weighted by molar-refractivity contribution is 7.99. The van der Waals surface area contributed by atoms with E-state index < -0.39 is 0 Å². The van der Waals surface area contributed by atoms with E-state index in [0.29, 0.717) is 11.9 Å². The molecule has 1 aromatic heterocycles. The van der Waals surface area contributed by atoms with Crippen molar-refractivity contribution in [3.63, 3.8) is 0 Å². The average Bonchev–Trinajstić information content (AvgIpc) is 2.37. The molecule has 1 N–H and O–H groups in total. The third-order valence-corrected chi connectivity index (χ3v) is 3.69.